The molecule has 1 fully saturated rings. The highest BCUT2D eigenvalue weighted by molar-refractivity contribution is 7.93. The third-order valence-corrected chi connectivity index (χ3v) is 7.67. The first kappa shape index (κ1) is 19.4. The fourth-order valence-electron chi connectivity index (χ4n) is 4.75. The Kier molecular flexibility index (Phi) is 5.13. The number of aryl methyl sites for hydroxylation is 1. The van der Waals surface area contributed by atoms with Crippen LogP contribution in [0.25, 0.3) is 10.8 Å². The van der Waals surface area contributed by atoms with E-state index >= 15 is 0 Å². The van der Waals surface area contributed by atoms with Crippen LogP contribution in [0.4, 0.5) is 11.4 Å². The lowest BCUT2D eigenvalue weighted by molar-refractivity contribution is 0.590. The summed E-state index contributed by atoms with van der Waals surface area (Å²) in [6.45, 7) is 3.72. The van der Waals surface area contributed by atoms with E-state index in [1.54, 1.807) is 6.07 Å². The molecule has 0 radical (unpaired) electrons. The summed E-state index contributed by atoms with van der Waals surface area (Å²) in [6, 6.07) is 17.5. The van der Waals surface area contributed by atoms with Crippen molar-refractivity contribution in [3.05, 3.63) is 65.7 Å². The number of nitrogens with zero attached hydrogens (tertiary/aromatic N) is 1. The molecule has 0 spiro atoms. The number of piperazine rings is 1. The minimum atomic E-state index is -3.70. The monoisotopic (exact) mass is 421 g/mol. The highest BCUT2D eigenvalue weighted by atomic mass is 32.2. The van der Waals surface area contributed by atoms with Gasteiger partial charge in [-0.05, 0) is 55.0 Å². The number of hydrogen-bond acceptors (Lipinski definition) is 4. The van der Waals surface area contributed by atoms with Crippen molar-refractivity contribution in [3.8, 4) is 0 Å². The SMILES string of the molecule is O=S(=O)(Nc1cccc2c1CCCC2)c1ccc(N2CCNCC2)c2ccccc12. The quantitative estimate of drug-likeness (QED) is 0.670. The normalized spacial score (nSPS) is 17.0. The van der Waals surface area contributed by atoms with E-state index in [0.717, 1.165) is 73.2 Å². The average molecular weight is 422 g/mol. The van der Waals surface area contributed by atoms with Crippen molar-refractivity contribution in [3.63, 3.8) is 0 Å². The van der Waals surface area contributed by atoms with Gasteiger partial charge in [0, 0.05) is 42.6 Å². The molecule has 0 atom stereocenters. The van der Waals surface area contributed by atoms with E-state index in [4.69, 9.17) is 0 Å². The van der Waals surface area contributed by atoms with Crippen LogP contribution in [-0.2, 0) is 22.9 Å². The van der Waals surface area contributed by atoms with Crippen LogP contribution in [0.2, 0.25) is 0 Å². The van der Waals surface area contributed by atoms with E-state index in [9.17, 15) is 8.42 Å². The summed E-state index contributed by atoms with van der Waals surface area (Å²) in [4.78, 5) is 2.67. The maximum absolute atomic E-state index is 13.5. The van der Waals surface area contributed by atoms with Gasteiger partial charge in [0.2, 0.25) is 0 Å². The molecule has 0 saturated carbocycles. The predicted octanol–water partition coefficient (Wildman–Crippen LogP) is 3.93. The first-order valence-electron chi connectivity index (χ1n) is 10.7. The second-order valence-corrected chi connectivity index (χ2v) is 9.77. The molecular formula is C24H27N3O2S. The lowest BCUT2D eigenvalue weighted by Crippen LogP contribution is -2.43. The van der Waals surface area contributed by atoms with E-state index in [1.807, 2.05) is 42.5 Å². The van der Waals surface area contributed by atoms with Crippen LogP contribution in [0, 0.1) is 0 Å². The molecule has 1 aliphatic heterocycles. The zero-order valence-corrected chi connectivity index (χ0v) is 17.8. The molecule has 0 aromatic heterocycles. The first-order chi connectivity index (χ1) is 14.6. The molecule has 3 aromatic carbocycles. The zero-order valence-electron chi connectivity index (χ0n) is 17.0. The van der Waals surface area contributed by atoms with Gasteiger partial charge in [-0.25, -0.2) is 8.42 Å². The maximum atomic E-state index is 13.5. The lowest BCUT2D eigenvalue weighted by atomic mass is 9.91. The van der Waals surface area contributed by atoms with Gasteiger partial charge in [-0.15, -0.1) is 0 Å². The summed E-state index contributed by atoms with van der Waals surface area (Å²) in [5.74, 6) is 0. The molecule has 2 N–H and O–H groups in total. The van der Waals surface area contributed by atoms with Crippen LogP contribution in [0.15, 0.2) is 59.5 Å². The smallest absolute Gasteiger partial charge is 0.262 e. The van der Waals surface area contributed by atoms with E-state index in [-0.39, 0.29) is 0 Å². The van der Waals surface area contributed by atoms with Gasteiger partial charge in [0.1, 0.15) is 0 Å². The summed E-state index contributed by atoms with van der Waals surface area (Å²) in [6.07, 6.45) is 4.22. The Morgan fingerprint density at radius 2 is 1.60 bits per heavy atom. The van der Waals surface area contributed by atoms with Crippen LogP contribution in [0.1, 0.15) is 24.0 Å². The Labute approximate surface area is 178 Å². The Bertz CT molecular complexity index is 1180. The van der Waals surface area contributed by atoms with Crippen LogP contribution in [0.3, 0.4) is 0 Å². The molecule has 5 nitrogen and oxygen atoms in total. The molecule has 0 bridgehead atoms. The van der Waals surface area contributed by atoms with E-state index < -0.39 is 10.0 Å². The molecule has 1 saturated heterocycles. The number of rotatable bonds is 4. The van der Waals surface area contributed by atoms with E-state index in [2.05, 4.69) is 21.0 Å². The Morgan fingerprint density at radius 3 is 2.43 bits per heavy atom. The Morgan fingerprint density at radius 1 is 0.833 bits per heavy atom. The van der Waals surface area contributed by atoms with Gasteiger partial charge in [-0.1, -0.05) is 36.4 Å². The molecule has 3 aromatic rings. The Balaban J connectivity index is 1.56. The number of hydrogen-bond donors (Lipinski definition) is 2. The molecule has 1 aliphatic carbocycles. The minimum absolute atomic E-state index is 0.338. The van der Waals surface area contributed by atoms with E-state index in [1.165, 1.54) is 12.0 Å². The van der Waals surface area contributed by atoms with Gasteiger partial charge in [0.05, 0.1) is 10.6 Å². The van der Waals surface area contributed by atoms with Gasteiger partial charge >= 0.3 is 0 Å². The lowest BCUT2D eigenvalue weighted by Gasteiger charge is -2.30. The molecule has 1 heterocycles. The van der Waals surface area contributed by atoms with Crippen molar-refractivity contribution < 1.29 is 8.42 Å². The molecule has 2 aliphatic rings. The summed E-state index contributed by atoms with van der Waals surface area (Å²) in [5, 5.41) is 5.13. The van der Waals surface area contributed by atoms with Crippen molar-refractivity contribution in [1.82, 2.24) is 5.32 Å². The van der Waals surface area contributed by atoms with Crippen molar-refractivity contribution >= 4 is 32.2 Å². The van der Waals surface area contributed by atoms with Gasteiger partial charge in [0.25, 0.3) is 10.0 Å². The van der Waals surface area contributed by atoms with Crippen LogP contribution < -0.4 is 14.9 Å². The number of anilines is 2. The molecule has 5 rings (SSSR count). The van der Waals surface area contributed by atoms with Gasteiger partial charge in [-0.3, -0.25) is 4.72 Å². The molecule has 0 amide bonds. The number of nitrogens with one attached hydrogen (secondary N) is 2. The topological polar surface area (TPSA) is 61.4 Å². The highest BCUT2D eigenvalue weighted by Gasteiger charge is 2.23. The zero-order chi connectivity index (χ0) is 20.6. The summed E-state index contributed by atoms with van der Waals surface area (Å²) in [5.41, 5.74) is 4.24. The Hall–Kier alpha value is -2.57. The molecule has 30 heavy (non-hydrogen) atoms. The van der Waals surface area contributed by atoms with E-state index in [0.29, 0.717) is 4.90 Å². The van der Waals surface area contributed by atoms with Gasteiger partial charge in [0.15, 0.2) is 0 Å². The van der Waals surface area contributed by atoms with Crippen molar-refractivity contribution in [2.75, 3.05) is 35.8 Å². The molecule has 156 valence electrons. The standard InChI is InChI=1S/C24H27N3O2S/c28-30(29,26-22-11-5-7-18-6-1-2-8-19(18)22)24-13-12-23(27-16-14-25-15-17-27)20-9-3-4-10-21(20)24/h3-5,7,9-13,25-26H,1-2,6,8,14-17H2. The van der Waals surface area contributed by atoms with Crippen LogP contribution >= 0.6 is 0 Å². The van der Waals surface area contributed by atoms with Gasteiger partial charge < -0.3 is 10.2 Å². The largest absolute Gasteiger partial charge is 0.368 e. The number of sulfonamides is 1. The average Bonchev–Trinajstić information content (AvgIpc) is 2.79. The first-order valence-corrected chi connectivity index (χ1v) is 12.2. The van der Waals surface area contributed by atoms with Gasteiger partial charge in [-0.2, -0.15) is 0 Å². The summed E-state index contributed by atoms with van der Waals surface area (Å²) in [7, 11) is -3.70. The van der Waals surface area contributed by atoms with Crippen molar-refractivity contribution in [2.24, 2.45) is 0 Å². The number of benzene rings is 3. The fraction of sp³-hybridized carbons (Fsp3) is 0.333. The third-order valence-electron chi connectivity index (χ3n) is 6.25. The second kappa shape index (κ2) is 7.93. The van der Waals surface area contributed by atoms with Crippen LogP contribution in [-0.4, -0.2) is 34.6 Å². The fourth-order valence-corrected chi connectivity index (χ4v) is 6.05. The van der Waals surface area contributed by atoms with Crippen molar-refractivity contribution in [1.29, 1.82) is 0 Å². The number of fused-ring (bicyclic) bond motifs is 2. The van der Waals surface area contributed by atoms with Crippen LogP contribution in [0.5, 0.6) is 0 Å². The summed E-state index contributed by atoms with van der Waals surface area (Å²) < 4.78 is 29.8. The maximum Gasteiger partial charge on any atom is 0.262 e. The highest BCUT2D eigenvalue weighted by Crippen LogP contribution is 2.34. The third kappa shape index (κ3) is 3.55. The molecule has 6 heteroatoms. The predicted molar refractivity (Wildman–Crippen MR) is 123 cm³/mol. The summed E-state index contributed by atoms with van der Waals surface area (Å²) >= 11 is 0. The second-order valence-electron chi connectivity index (χ2n) is 8.12. The van der Waals surface area contributed by atoms with Crippen molar-refractivity contribution in [2.45, 2.75) is 30.6 Å². The molecular weight excluding hydrogens is 394 g/mol. The molecule has 0 unspecified atom stereocenters. The minimum Gasteiger partial charge on any atom is -0.368 e.